The van der Waals surface area contributed by atoms with Gasteiger partial charge in [0.15, 0.2) is 0 Å². The molecule has 1 aliphatic heterocycles. The number of halogens is 1. The molecule has 1 saturated carbocycles. The van der Waals surface area contributed by atoms with Crippen molar-refractivity contribution in [3.05, 3.63) is 83.7 Å². The maximum atomic E-state index is 13.4. The maximum Gasteiger partial charge on any atom is 0.225 e. The van der Waals surface area contributed by atoms with Crippen LogP contribution in [-0.2, 0) is 11.2 Å². The van der Waals surface area contributed by atoms with Crippen molar-refractivity contribution >= 4 is 5.91 Å². The second kappa shape index (κ2) is 9.50. The number of imidazole rings is 1. The largest absolute Gasteiger partial charge is 0.341 e. The lowest BCUT2D eigenvalue weighted by atomic mass is 9.82. The molecule has 1 amide bonds. The minimum Gasteiger partial charge on any atom is -0.341 e. The van der Waals surface area contributed by atoms with Gasteiger partial charge in [-0.1, -0.05) is 44.0 Å². The molecule has 5 heteroatoms. The molecular weight excluding hydrogens is 413 g/mol. The van der Waals surface area contributed by atoms with Crippen molar-refractivity contribution in [1.29, 1.82) is 0 Å². The smallest absolute Gasteiger partial charge is 0.225 e. The minimum atomic E-state index is -0.246. The van der Waals surface area contributed by atoms with Gasteiger partial charge >= 0.3 is 0 Å². The highest BCUT2D eigenvalue weighted by Crippen LogP contribution is 2.37. The Morgan fingerprint density at radius 3 is 2.39 bits per heavy atom. The van der Waals surface area contributed by atoms with Crippen LogP contribution in [0.5, 0.6) is 0 Å². The molecule has 0 radical (unpaired) electrons. The molecule has 1 aliphatic carbocycles. The Bertz CT molecular complexity index is 1080. The average Bonchev–Trinajstić information content (AvgIpc) is 3.57. The Morgan fingerprint density at radius 1 is 1.00 bits per heavy atom. The van der Waals surface area contributed by atoms with Gasteiger partial charge in [0, 0.05) is 42.7 Å². The lowest BCUT2D eigenvalue weighted by Crippen LogP contribution is -2.44. The summed E-state index contributed by atoms with van der Waals surface area (Å²) in [4.78, 5) is 20.2. The number of carbonyl (C=O) groups excluding carboxylic acids is 1. The third-order valence-electron chi connectivity index (χ3n) is 7.47. The van der Waals surface area contributed by atoms with Gasteiger partial charge in [-0.2, -0.15) is 0 Å². The molecule has 2 aliphatic rings. The summed E-state index contributed by atoms with van der Waals surface area (Å²) >= 11 is 0. The van der Waals surface area contributed by atoms with Crippen molar-refractivity contribution in [2.45, 2.75) is 57.3 Å². The first-order chi connectivity index (χ1) is 16.1. The quantitative estimate of drug-likeness (QED) is 0.493. The zero-order chi connectivity index (χ0) is 22.8. The second-order valence-electron chi connectivity index (χ2n) is 9.63. The molecule has 2 fully saturated rings. The summed E-state index contributed by atoms with van der Waals surface area (Å²) in [5.74, 6) is 0.746. The van der Waals surface area contributed by atoms with Crippen molar-refractivity contribution in [3.63, 3.8) is 0 Å². The zero-order valence-electron chi connectivity index (χ0n) is 19.3. The Hall–Kier alpha value is -2.95. The standard InChI is InChI=1S/C28H32FN3O/c1-2-20-7-9-21(10-8-20)23-15-24(17-31(16-23)28(33)22-5-3-4-6-22)27-18-32(19-30-27)26-13-11-25(29)12-14-26/h7-14,18-19,22-24H,2-6,15-17H2,1H3. The molecule has 2 heterocycles. The van der Waals surface area contributed by atoms with Crippen LogP contribution in [0.3, 0.4) is 0 Å². The van der Waals surface area contributed by atoms with E-state index >= 15 is 0 Å². The Morgan fingerprint density at radius 2 is 1.70 bits per heavy atom. The molecule has 2 unspecified atom stereocenters. The fourth-order valence-corrected chi connectivity index (χ4v) is 5.49. The lowest BCUT2D eigenvalue weighted by molar-refractivity contribution is -0.137. The van der Waals surface area contributed by atoms with E-state index < -0.39 is 0 Å². The maximum absolute atomic E-state index is 13.4. The molecule has 2 atom stereocenters. The van der Waals surface area contributed by atoms with Gasteiger partial charge in [0.2, 0.25) is 5.91 Å². The minimum absolute atomic E-state index is 0.182. The SMILES string of the molecule is CCc1ccc(C2CC(c3cn(-c4ccc(F)cc4)cn3)CN(C(=O)C3CCCC3)C2)cc1. The summed E-state index contributed by atoms with van der Waals surface area (Å²) in [5, 5.41) is 0. The first-order valence-electron chi connectivity index (χ1n) is 12.3. The summed E-state index contributed by atoms with van der Waals surface area (Å²) in [6.07, 6.45) is 10.2. The third kappa shape index (κ3) is 4.73. The van der Waals surface area contributed by atoms with Crippen LogP contribution in [0.4, 0.5) is 4.39 Å². The molecule has 5 rings (SSSR count). The highest BCUT2D eigenvalue weighted by molar-refractivity contribution is 5.79. The number of nitrogens with zero attached hydrogens (tertiary/aromatic N) is 3. The highest BCUT2D eigenvalue weighted by Gasteiger charge is 2.36. The molecule has 172 valence electrons. The first kappa shape index (κ1) is 21.9. The summed E-state index contributed by atoms with van der Waals surface area (Å²) in [7, 11) is 0. The van der Waals surface area contributed by atoms with E-state index in [1.54, 1.807) is 18.5 Å². The molecule has 1 saturated heterocycles. The van der Waals surface area contributed by atoms with Crippen LogP contribution < -0.4 is 0 Å². The van der Waals surface area contributed by atoms with Gasteiger partial charge in [0.05, 0.1) is 12.0 Å². The van der Waals surface area contributed by atoms with Crippen LogP contribution in [0, 0.1) is 11.7 Å². The van der Waals surface area contributed by atoms with Crippen molar-refractivity contribution in [3.8, 4) is 5.69 Å². The number of piperidine rings is 1. The van der Waals surface area contributed by atoms with E-state index in [2.05, 4.69) is 36.1 Å². The van der Waals surface area contributed by atoms with Gasteiger partial charge in [-0.15, -0.1) is 0 Å². The molecule has 1 aromatic heterocycles. The van der Waals surface area contributed by atoms with E-state index in [1.807, 2.05) is 10.8 Å². The zero-order valence-corrected chi connectivity index (χ0v) is 19.3. The van der Waals surface area contributed by atoms with Crippen LogP contribution in [0.15, 0.2) is 61.1 Å². The lowest BCUT2D eigenvalue weighted by Gasteiger charge is -2.39. The van der Waals surface area contributed by atoms with E-state index in [0.29, 0.717) is 11.8 Å². The second-order valence-corrected chi connectivity index (χ2v) is 9.63. The molecule has 4 nitrogen and oxygen atoms in total. The fraction of sp³-hybridized carbons (Fsp3) is 0.429. The molecule has 0 spiro atoms. The van der Waals surface area contributed by atoms with E-state index in [-0.39, 0.29) is 17.7 Å². The van der Waals surface area contributed by atoms with Gasteiger partial charge in [-0.25, -0.2) is 9.37 Å². The van der Waals surface area contributed by atoms with Gasteiger partial charge in [0.25, 0.3) is 0 Å². The van der Waals surface area contributed by atoms with E-state index in [1.165, 1.54) is 23.3 Å². The van der Waals surface area contributed by atoms with Gasteiger partial charge < -0.3 is 9.47 Å². The summed E-state index contributed by atoms with van der Waals surface area (Å²) < 4.78 is 15.3. The van der Waals surface area contributed by atoms with E-state index in [0.717, 1.165) is 63.0 Å². The molecule has 0 bridgehead atoms. The van der Waals surface area contributed by atoms with Crippen molar-refractivity contribution in [2.24, 2.45) is 5.92 Å². The number of aromatic nitrogens is 2. The predicted molar refractivity (Wildman–Crippen MR) is 128 cm³/mol. The van der Waals surface area contributed by atoms with Crippen molar-refractivity contribution in [2.75, 3.05) is 13.1 Å². The molecule has 33 heavy (non-hydrogen) atoms. The van der Waals surface area contributed by atoms with E-state index in [9.17, 15) is 9.18 Å². The van der Waals surface area contributed by atoms with Crippen molar-refractivity contribution in [1.82, 2.24) is 14.5 Å². The summed E-state index contributed by atoms with van der Waals surface area (Å²) in [6, 6.07) is 15.4. The molecule has 3 aromatic rings. The highest BCUT2D eigenvalue weighted by atomic mass is 19.1. The Kier molecular flexibility index (Phi) is 6.30. The number of amides is 1. The average molecular weight is 446 g/mol. The van der Waals surface area contributed by atoms with Crippen molar-refractivity contribution < 1.29 is 9.18 Å². The van der Waals surface area contributed by atoms with Gasteiger partial charge in [0.1, 0.15) is 5.82 Å². The topological polar surface area (TPSA) is 38.1 Å². The first-order valence-corrected chi connectivity index (χ1v) is 12.3. The van der Waals surface area contributed by atoms with Crippen LogP contribution in [0.25, 0.3) is 5.69 Å². The number of aryl methyl sites for hydroxylation is 1. The van der Waals surface area contributed by atoms with Gasteiger partial charge in [-0.3, -0.25) is 4.79 Å². The monoisotopic (exact) mass is 445 g/mol. The van der Waals surface area contributed by atoms with Crippen LogP contribution in [-0.4, -0.2) is 33.4 Å². The third-order valence-corrected chi connectivity index (χ3v) is 7.47. The number of hydrogen-bond acceptors (Lipinski definition) is 2. The number of benzene rings is 2. The Labute approximate surface area is 195 Å². The normalized spacial score (nSPS) is 21.5. The predicted octanol–water partition coefficient (Wildman–Crippen LogP) is 5.86. The number of rotatable bonds is 5. The number of likely N-dealkylation sites (tertiary alicyclic amines) is 1. The summed E-state index contributed by atoms with van der Waals surface area (Å²) in [5.41, 5.74) is 4.53. The molecular formula is C28H32FN3O. The van der Waals surface area contributed by atoms with E-state index in [4.69, 9.17) is 4.98 Å². The Balaban J connectivity index is 1.41. The van der Waals surface area contributed by atoms with Crippen LogP contribution >= 0.6 is 0 Å². The van der Waals surface area contributed by atoms with Crippen LogP contribution in [0.2, 0.25) is 0 Å². The molecule has 0 N–H and O–H groups in total. The van der Waals surface area contributed by atoms with Gasteiger partial charge in [-0.05, 0) is 61.1 Å². The molecule has 2 aromatic carbocycles. The summed E-state index contributed by atoms with van der Waals surface area (Å²) in [6.45, 7) is 3.68. The van der Waals surface area contributed by atoms with Crippen LogP contribution in [0.1, 0.15) is 67.7 Å². The fourth-order valence-electron chi connectivity index (χ4n) is 5.49. The number of carbonyl (C=O) groups is 1. The number of hydrogen-bond donors (Lipinski definition) is 0.